The number of carbonyl (C=O) groups excluding carboxylic acids is 1. The summed E-state index contributed by atoms with van der Waals surface area (Å²) in [5.41, 5.74) is 1.09. The van der Waals surface area contributed by atoms with Crippen LogP contribution < -0.4 is 0 Å². The molecule has 0 radical (unpaired) electrons. The number of benzene rings is 1. The van der Waals surface area contributed by atoms with Gasteiger partial charge in [-0.1, -0.05) is 11.6 Å². The second-order valence-corrected chi connectivity index (χ2v) is 2.49. The largest absolute Gasteiger partial charge is 0.507 e. The van der Waals surface area contributed by atoms with Crippen molar-refractivity contribution in [1.29, 1.82) is 0 Å². The van der Waals surface area contributed by atoms with E-state index in [1.54, 1.807) is 12.1 Å². The first kappa shape index (κ1) is 8.35. The molecule has 0 aromatic heterocycles. The van der Waals surface area contributed by atoms with Crippen LogP contribution in [0, 0.1) is 19.3 Å². The highest BCUT2D eigenvalue weighted by Crippen LogP contribution is 2.18. The number of ketones is 1. The van der Waals surface area contributed by atoms with Crippen LogP contribution in [0.4, 0.5) is 0 Å². The molecule has 0 aliphatic heterocycles. The Kier molecular flexibility index (Phi) is 2.16. The normalized spacial score (nSPS) is 9.00. The van der Waals surface area contributed by atoms with E-state index in [-0.39, 0.29) is 11.3 Å². The molecular weight excluding hydrogens is 152 g/mol. The topological polar surface area (TPSA) is 37.3 Å². The van der Waals surface area contributed by atoms with E-state index in [4.69, 9.17) is 6.42 Å². The van der Waals surface area contributed by atoms with Crippen LogP contribution in [0.15, 0.2) is 18.2 Å². The van der Waals surface area contributed by atoms with Crippen LogP contribution in [-0.4, -0.2) is 10.9 Å². The van der Waals surface area contributed by atoms with Gasteiger partial charge in [0.05, 0.1) is 5.56 Å². The van der Waals surface area contributed by atoms with Gasteiger partial charge in [-0.15, -0.1) is 6.42 Å². The van der Waals surface area contributed by atoms with Crippen LogP contribution in [0.5, 0.6) is 5.75 Å². The van der Waals surface area contributed by atoms with Gasteiger partial charge in [-0.25, -0.2) is 0 Å². The van der Waals surface area contributed by atoms with E-state index < -0.39 is 5.78 Å². The monoisotopic (exact) mass is 160 g/mol. The maximum absolute atomic E-state index is 11.0. The Balaban J connectivity index is 3.25. The third-order valence-corrected chi connectivity index (χ3v) is 1.53. The minimum atomic E-state index is -0.490. The summed E-state index contributed by atoms with van der Waals surface area (Å²) < 4.78 is 0. The fourth-order valence-electron chi connectivity index (χ4n) is 0.910. The zero-order valence-electron chi connectivity index (χ0n) is 6.66. The van der Waals surface area contributed by atoms with Crippen molar-refractivity contribution in [3.63, 3.8) is 0 Å². The lowest BCUT2D eigenvalue weighted by molar-refractivity contribution is 0.105. The molecule has 2 nitrogen and oxygen atoms in total. The number of aryl methyl sites for hydroxylation is 1. The van der Waals surface area contributed by atoms with Crippen LogP contribution in [0.2, 0.25) is 0 Å². The van der Waals surface area contributed by atoms with Gasteiger partial charge in [0.25, 0.3) is 0 Å². The Morgan fingerprint density at radius 3 is 2.83 bits per heavy atom. The standard InChI is InChI=1S/C10H8O2/c1-3-9(11)8-6-7(2)4-5-10(8)12/h1,4-6,12H,2H3. The van der Waals surface area contributed by atoms with E-state index in [2.05, 4.69) is 0 Å². The highest BCUT2D eigenvalue weighted by Gasteiger charge is 2.07. The van der Waals surface area contributed by atoms with Crippen molar-refractivity contribution in [3.8, 4) is 18.1 Å². The number of aromatic hydroxyl groups is 1. The molecule has 0 saturated heterocycles. The summed E-state index contributed by atoms with van der Waals surface area (Å²) in [5.74, 6) is 1.39. The zero-order valence-corrected chi connectivity index (χ0v) is 6.66. The number of carbonyl (C=O) groups is 1. The van der Waals surface area contributed by atoms with Crippen molar-refractivity contribution >= 4 is 5.78 Å². The Labute approximate surface area is 70.8 Å². The van der Waals surface area contributed by atoms with Crippen molar-refractivity contribution in [2.45, 2.75) is 6.92 Å². The van der Waals surface area contributed by atoms with Gasteiger partial charge in [-0.3, -0.25) is 4.79 Å². The molecule has 0 spiro atoms. The van der Waals surface area contributed by atoms with Crippen molar-refractivity contribution < 1.29 is 9.90 Å². The highest BCUT2D eigenvalue weighted by atomic mass is 16.3. The molecule has 1 aromatic carbocycles. The first-order valence-electron chi connectivity index (χ1n) is 3.45. The fraction of sp³-hybridized carbons (Fsp3) is 0.100. The lowest BCUT2D eigenvalue weighted by Gasteiger charge is -1.99. The van der Waals surface area contributed by atoms with Crippen LogP contribution in [0.3, 0.4) is 0 Å². The maximum atomic E-state index is 11.0. The van der Waals surface area contributed by atoms with Crippen LogP contribution in [0.25, 0.3) is 0 Å². The predicted molar refractivity (Wildman–Crippen MR) is 46.0 cm³/mol. The van der Waals surface area contributed by atoms with E-state index in [1.165, 1.54) is 6.07 Å². The molecular formula is C10H8O2. The Bertz CT molecular complexity index is 359. The molecule has 0 heterocycles. The minimum absolute atomic E-state index is 0.0662. The Hall–Kier alpha value is -1.75. The van der Waals surface area contributed by atoms with Crippen LogP contribution >= 0.6 is 0 Å². The van der Waals surface area contributed by atoms with Gasteiger partial charge in [0, 0.05) is 0 Å². The SMILES string of the molecule is C#CC(=O)c1cc(C)ccc1O. The van der Waals surface area contributed by atoms with Crippen molar-refractivity contribution in [2.75, 3.05) is 0 Å². The third-order valence-electron chi connectivity index (χ3n) is 1.53. The zero-order chi connectivity index (χ0) is 9.14. The first-order chi connectivity index (χ1) is 5.65. The quantitative estimate of drug-likeness (QED) is 0.384. The molecule has 0 aliphatic carbocycles. The summed E-state index contributed by atoms with van der Waals surface area (Å²) in [7, 11) is 0. The fourth-order valence-corrected chi connectivity index (χ4v) is 0.910. The molecule has 1 rings (SSSR count). The van der Waals surface area contributed by atoms with E-state index in [0.717, 1.165) is 5.56 Å². The Morgan fingerprint density at radius 1 is 1.58 bits per heavy atom. The molecule has 60 valence electrons. The molecule has 0 bridgehead atoms. The summed E-state index contributed by atoms with van der Waals surface area (Å²) in [4.78, 5) is 11.0. The number of hydrogen-bond donors (Lipinski definition) is 1. The average molecular weight is 160 g/mol. The molecule has 1 N–H and O–H groups in total. The first-order valence-corrected chi connectivity index (χ1v) is 3.45. The minimum Gasteiger partial charge on any atom is -0.507 e. The molecule has 1 aromatic rings. The molecule has 0 aliphatic rings. The molecule has 12 heavy (non-hydrogen) atoms. The summed E-state index contributed by atoms with van der Waals surface area (Å²) >= 11 is 0. The van der Waals surface area contributed by atoms with Crippen LogP contribution in [0.1, 0.15) is 15.9 Å². The number of Topliss-reactive ketones (excluding diaryl/α,β-unsaturated/α-hetero) is 1. The third kappa shape index (κ3) is 1.46. The molecule has 0 unspecified atom stereocenters. The molecule has 0 saturated carbocycles. The summed E-state index contributed by atoms with van der Waals surface area (Å²) in [6, 6.07) is 4.74. The second-order valence-electron chi connectivity index (χ2n) is 2.49. The van der Waals surface area contributed by atoms with Crippen molar-refractivity contribution in [3.05, 3.63) is 29.3 Å². The number of phenolic OH excluding ortho intramolecular Hbond substituents is 1. The van der Waals surface area contributed by atoms with Crippen LogP contribution in [-0.2, 0) is 0 Å². The van der Waals surface area contributed by atoms with Gasteiger partial charge in [0.1, 0.15) is 5.75 Å². The van der Waals surface area contributed by atoms with Gasteiger partial charge in [-0.2, -0.15) is 0 Å². The second kappa shape index (κ2) is 3.10. The average Bonchev–Trinajstić information content (AvgIpc) is 2.08. The maximum Gasteiger partial charge on any atom is 0.239 e. The van der Waals surface area contributed by atoms with E-state index >= 15 is 0 Å². The summed E-state index contributed by atoms with van der Waals surface area (Å²) in [6.45, 7) is 1.83. The highest BCUT2D eigenvalue weighted by molar-refractivity contribution is 6.10. The smallest absolute Gasteiger partial charge is 0.239 e. The number of terminal acetylenes is 1. The molecule has 0 atom stereocenters. The molecule has 0 amide bonds. The van der Waals surface area contributed by atoms with Crippen molar-refractivity contribution in [1.82, 2.24) is 0 Å². The summed E-state index contributed by atoms with van der Waals surface area (Å²) in [5, 5.41) is 9.22. The van der Waals surface area contributed by atoms with Gasteiger partial charge < -0.3 is 5.11 Å². The number of phenols is 1. The van der Waals surface area contributed by atoms with Gasteiger partial charge in [0.2, 0.25) is 5.78 Å². The van der Waals surface area contributed by atoms with E-state index in [1.807, 2.05) is 12.8 Å². The number of rotatable bonds is 1. The molecule has 2 heteroatoms. The summed E-state index contributed by atoms with van der Waals surface area (Å²) in [6.07, 6.45) is 4.91. The molecule has 0 fully saturated rings. The predicted octanol–water partition coefficient (Wildman–Crippen LogP) is 1.52. The van der Waals surface area contributed by atoms with Crippen molar-refractivity contribution in [2.24, 2.45) is 0 Å². The van der Waals surface area contributed by atoms with E-state index in [9.17, 15) is 9.90 Å². The van der Waals surface area contributed by atoms with Gasteiger partial charge >= 0.3 is 0 Å². The Morgan fingerprint density at radius 2 is 2.25 bits per heavy atom. The van der Waals surface area contributed by atoms with Gasteiger partial charge in [0.15, 0.2) is 0 Å². The lowest BCUT2D eigenvalue weighted by atomic mass is 10.1. The lowest BCUT2D eigenvalue weighted by Crippen LogP contribution is -1.95. The number of hydrogen-bond acceptors (Lipinski definition) is 2. The van der Waals surface area contributed by atoms with Gasteiger partial charge in [-0.05, 0) is 25.0 Å². The van der Waals surface area contributed by atoms with E-state index in [0.29, 0.717) is 0 Å².